The smallest absolute Gasteiger partial charge is 0.282 e. The van der Waals surface area contributed by atoms with Gasteiger partial charge in [-0.1, -0.05) is 0 Å². The van der Waals surface area contributed by atoms with Gasteiger partial charge in [-0.15, -0.1) is 0 Å². The molecule has 0 unspecified atom stereocenters. The molecule has 1 N–H and O–H groups in total. The molecule has 156 valence electrons. The molecule has 3 heterocycles. The third-order valence-corrected chi connectivity index (χ3v) is 7.68. The molecule has 0 bridgehead atoms. The molecule has 0 aliphatic carbocycles. The maximum Gasteiger partial charge on any atom is 0.282 e. The molecule has 0 saturated carbocycles. The normalized spacial score (nSPS) is 20.5. The van der Waals surface area contributed by atoms with E-state index in [9.17, 15) is 18.0 Å². The molecule has 3 rings (SSSR count). The Bertz CT molecular complexity index is 863. The van der Waals surface area contributed by atoms with Crippen LogP contribution in [0.15, 0.2) is 0 Å². The summed E-state index contributed by atoms with van der Waals surface area (Å²) in [6.07, 6.45) is 0. The monoisotopic (exact) mass is 411 g/mol. The second-order valence-electron chi connectivity index (χ2n) is 7.58. The van der Waals surface area contributed by atoms with E-state index in [0.717, 1.165) is 13.1 Å². The first-order chi connectivity index (χ1) is 13.1. The number of Topliss-reactive ketones (excluding diaryl/α,β-unsaturated/α-hetero) is 1. The lowest BCUT2D eigenvalue weighted by molar-refractivity contribution is 0.0686. The number of amides is 1. The predicted molar refractivity (Wildman–Crippen MR) is 106 cm³/mol. The number of likely N-dealkylation sites (N-methyl/N-ethyl adjacent to an activating group) is 1. The topological polar surface area (TPSA) is 97.0 Å². The number of hydrogen-bond acceptors (Lipinski definition) is 5. The van der Waals surface area contributed by atoms with Gasteiger partial charge in [-0.05, 0) is 33.4 Å². The van der Waals surface area contributed by atoms with Crippen molar-refractivity contribution >= 4 is 21.9 Å². The molecule has 1 aromatic rings. The third-order valence-electron chi connectivity index (χ3n) is 5.64. The Morgan fingerprint density at radius 1 is 0.893 bits per heavy atom. The minimum atomic E-state index is -3.49. The highest BCUT2D eigenvalue weighted by Crippen LogP contribution is 2.21. The molecule has 0 radical (unpaired) electrons. The second kappa shape index (κ2) is 7.94. The van der Waals surface area contributed by atoms with E-state index < -0.39 is 10.2 Å². The van der Waals surface area contributed by atoms with E-state index in [0.29, 0.717) is 48.7 Å². The van der Waals surface area contributed by atoms with Gasteiger partial charge in [0.2, 0.25) is 0 Å². The number of carbonyl (C=O) groups excluding carboxylic acids is 2. The molecule has 1 amide bonds. The summed E-state index contributed by atoms with van der Waals surface area (Å²) >= 11 is 0. The summed E-state index contributed by atoms with van der Waals surface area (Å²) in [6.45, 7) is 8.68. The molecule has 2 aliphatic heterocycles. The zero-order chi connectivity index (χ0) is 20.6. The van der Waals surface area contributed by atoms with E-state index in [1.165, 1.54) is 15.5 Å². The van der Waals surface area contributed by atoms with Crippen molar-refractivity contribution in [1.82, 2.24) is 23.4 Å². The molecule has 2 aliphatic rings. The zero-order valence-electron chi connectivity index (χ0n) is 17.0. The van der Waals surface area contributed by atoms with Gasteiger partial charge >= 0.3 is 0 Å². The van der Waals surface area contributed by atoms with Crippen molar-refractivity contribution in [3.63, 3.8) is 0 Å². The minimum Gasteiger partial charge on any atom is -0.354 e. The average Bonchev–Trinajstić information content (AvgIpc) is 2.96. The van der Waals surface area contributed by atoms with Gasteiger partial charge in [-0.25, -0.2) is 0 Å². The average molecular weight is 412 g/mol. The SMILES string of the molecule is CC(=O)c1c(C)[nH]c(C(=O)N2CCN(S(=O)(=O)N3CCN(C)CC3)CC2)c1C. The molecule has 2 fully saturated rings. The van der Waals surface area contributed by atoms with Gasteiger partial charge in [0, 0.05) is 63.6 Å². The van der Waals surface area contributed by atoms with Crippen LogP contribution < -0.4 is 0 Å². The number of hydrogen-bond donors (Lipinski definition) is 1. The van der Waals surface area contributed by atoms with E-state index in [4.69, 9.17) is 0 Å². The summed E-state index contributed by atoms with van der Waals surface area (Å²) in [6, 6.07) is 0. The summed E-state index contributed by atoms with van der Waals surface area (Å²) in [5, 5.41) is 0. The Morgan fingerprint density at radius 2 is 1.39 bits per heavy atom. The summed E-state index contributed by atoms with van der Waals surface area (Å²) < 4.78 is 28.7. The molecular formula is C18H29N5O4S. The lowest BCUT2D eigenvalue weighted by Gasteiger charge is -2.39. The maximum atomic E-state index is 12.9. The number of aromatic nitrogens is 1. The number of carbonyl (C=O) groups is 2. The lowest BCUT2D eigenvalue weighted by Crippen LogP contribution is -2.57. The number of aromatic amines is 1. The first-order valence-electron chi connectivity index (χ1n) is 9.56. The van der Waals surface area contributed by atoms with Crippen molar-refractivity contribution < 1.29 is 18.0 Å². The van der Waals surface area contributed by atoms with Gasteiger partial charge in [0.05, 0.1) is 0 Å². The molecule has 0 aromatic carbocycles. The van der Waals surface area contributed by atoms with Gasteiger partial charge in [-0.2, -0.15) is 17.0 Å². The quantitative estimate of drug-likeness (QED) is 0.708. The van der Waals surface area contributed by atoms with E-state index in [-0.39, 0.29) is 24.8 Å². The highest BCUT2D eigenvalue weighted by Gasteiger charge is 2.35. The Morgan fingerprint density at radius 3 is 1.86 bits per heavy atom. The molecule has 9 nitrogen and oxygen atoms in total. The molecule has 0 spiro atoms. The number of nitrogens with one attached hydrogen (secondary N) is 1. The van der Waals surface area contributed by atoms with E-state index in [2.05, 4.69) is 9.88 Å². The van der Waals surface area contributed by atoms with E-state index in [1.807, 2.05) is 7.05 Å². The van der Waals surface area contributed by atoms with Gasteiger partial charge in [0.1, 0.15) is 5.69 Å². The van der Waals surface area contributed by atoms with Crippen LogP contribution in [0.5, 0.6) is 0 Å². The number of nitrogens with zero attached hydrogens (tertiary/aromatic N) is 4. The predicted octanol–water partition coefficient (Wildman–Crippen LogP) is 0.0841. The minimum absolute atomic E-state index is 0.0756. The van der Waals surface area contributed by atoms with Crippen molar-refractivity contribution in [3.8, 4) is 0 Å². The summed E-state index contributed by atoms with van der Waals surface area (Å²) in [7, 11) is -1.51. The van der Waals surface area contributed by atoms with Gasteiger partial charge in [0.25, 0.3) is 16.1 Å². The molecule has 10 heteroatoms. The molecule has 0 atom stereocenters. The largest absolute Gasteiger partial charge is 0.354 e. The van der Waals surface area contributed by atoms with Crippen LogP contribution in [-0.4, -0.2) is 103 Å². The van der Waals surface area contributed by atoms with Crippen LogP contribution in [0, 0.1) is 13.8 Å². The van der Waals surface area contributed by atoms with Crippen molar-refractivity contribution in [2.24, 2.45) is 0 Å². The highest BCUT2D eigenvalue weighted by molar-refractivity contribution is 7.86. The molecule has 28 heavy (non-hydrogen) atoms. The number of piperazine rings is 2. The van der Waals surface area contributed by atoms with Crippen molar-refractivity contribution in [2.45, 2.75) is 20.8 Å². The van der Waals surface area contributed by atoms with E-state index in [1.54, 1.807) is 18.7 Å². The molecule has 2 saturated heterocycles. The standard InChI is InChI=1S/C18H29N5O4S/c1-13-16(15(3)24)14(2)19-17(13)18(25)21-7-11-23(12-8-21)28(26,27)22-9-5-20(4)6-10-22/h19H,5-12H2,1-4H3. The van der Waals surface area contributed by atoms with Crippen molar-refractivity contribution in [1.29, 1.82) is 0 Å². The fourth-order valence-electron chi connectivity index (χ4n) is 3.95. The summed E-state index contributed by atoms with van der Waals surface area (Å²) in [5.74, 6) is -0.266. The Balaban J connectivity index is 1.66. The first-order valence-corrected chi connectivity index (χ1v) is 11.0. The van der Waals surface area contributed by atoms with Gasteiger partial charge in [-0.3, -0.25) is 9.59 Å². The number of ketones is 1. The first kappa shape index (κ1) is 21.0. The maximum absolute atomic E-state index is 12.9. The second-order valence-corrected chi connectivity index (χ2v) is 9.51. The molecule has 1 aromatic heterocycles. The third kappa shape index (κ3) is 3.86. The van der Waals surface area contributed by atoms with Gasteiger partial charge < -0.3 is 14.8 Å². The highest BCUT2D eigenvalue weighted by atomic mass is 32.2. The van der Waals surface area contributed by atoms with Crippen LogP contribution in [-0.2, 0) is 10.2 Å². The number of aryl methyl sites for hydroxylation is 1. The van der Waals surface area contributed by atoms with Crippen LogP contribution in [0.3, 0.4) is 0 Å². The summed E-state index contributed by atoms with van der Waals surface area (Å²) in [5.41, 5.74) is 2.31. The van der Waals surface area contributed by atoms with Crippen molar-refractivity contribution in [3.05, 3.63) is 22.5 Å². The fraction of sp³-hybridized carbons (Fsp3) is 0.667. The zero-order valence-corrected chi connectivity index (χ0v) is 17.8. The van der Waals surface area contributed by atoms with Gasteiger partial charge in [0.15, 0.2) is 5.78 Å². The lowest BCUT2D eigenvalue weighted by atomic mass is 10.1. The Kier molecular flexibility index (Phi) is 5.95. The van der Waals surface area contributed by atoms with Crippen LogP contribution in [0.25, 0.3) is 0 Å². The Labute approximate surface area is 166 Å². The van der Waals surface area contributed by atoms with Crippen LogP contribution in [0.1, 0.15) is 39.0 Å². The van der Waals surface area contributed by atoms with Crippen LogP contribution in [0.2, 0.25) is 0 Å². The van der Waals surface area contributed by atoms with Crippen LogP contribution >= 0.6 is 0 Å². The fourth-order valence-corrected chi connectivity index (χ4v) is 5.53. The van der Waals surface area contributed by atoms with E-state index >= 15 is 0 Å². The molecular weight excluding hydrogens is 382 g/mol. The summed E-state index contributed by atoms with van der Waals surface area (Å²) in [4.78, 5) is 31.5. The number of H-pyrrole nitrogens is 1. The van der Waals surface area contributed by atoms with Crippen LogP contribution in [0.4, 0.5) is 0 Å². The number of rotatable bonds is 4. The van der Waals surface area contributed by atoms with Crippen molar-refractivity contribution in [2.75, 3.05) is 59.4 Å². The Hall–Kier alpha value is -1.75.